The van der Waals surface area contributed by atoms with Gasteiger partial charge in [0.05, 0.1) is 12.8 Å². The smallest absolute Gasteiger partial charge is 0.249 e. The van der Waals surface area contributed by atoms with Crippen LogP contribution in [0.4, 0.5) is 0 Å². The number of amides is 1. The molecular formula is C16H19NO3. The van der Waals surface area contributed by atoms with Crippen molar-refractivity contribution in [1.29, 1.82) is 0 Å². The number of carbonyl (C=O) groups excluding carboxylic acids is 1. The third-order valence-corrected chi connectivity index (χ3v) is 2.93. The molecule has 0 radical (unpaired) electrons. The van der Waals surface area contributed by atoms with Gasteiger partial charge in [0.2, 0.25) is 5.91 Å². The Kier molecular flexibility index (Phi) is 5.38. The van der Waals surface area contributed by atoms with Crippen molar-refractivity contribution < 1.29 is 13.9 Å². The van der Waals surface area contributed by atoms with Crippen LogP contribution in [0.15, 0.2) is 53.1 Å². The SMILES string of the molecule is CCOCC(=O)N(Cc1ccccc1)Cc1ccco1. The molecular weight excluding hydrogens is 254 g/mol. The number of ether oxygens (including phenoxy) is 1. The molecule has 0 bridgehead atoms. The van der Waals surface area contributed by atoms with Crippen LogP contribution in [0.25, 0.3) is 0 Å². The second-order valence-electron chi connectivity index (χ2n) is 4.45. The molecule has 0 aliphatic rings. The average Bonchev–Trinajstić information content (AvgIpc) is 2.98. The maximum absolute atomic E-state index is 12.2. The normalized spacial score (nSPS) is 10.4. The van der Waals surface area contributed by atoms with Gasteiger partial charge in [0.15, 0.2) is 0 Å². The van der Waals surface area contributed by atoms with E-state index in [1.807, 2.05) is 49.4 Å². The summed E-state index contributed by atoms with van der Waals surface area (Å²) in [5, 5.41) is 0. The molecule has 106 valence electrons. The third-order valence-electron chi connectivity index (χ3n) is 2.93. The second kappa shape index (κ2) is 7.50. The van der Waals surface area contributed by atoms with Gasteiger partial charge in [-0.05, 0) is 24.6 Å². The van der Waals surface area contributed by atoms with E-state index < -0.39 is 0 Å². The summed E-state index contributed by atoms with van der Waals surface area (Å²) in [5.41, 5.74) is 1.09. The largest absolute Gasteiger partial charge is 0.467 e. The minimum Gasteiger partial charge on any atom is -0.467 e. The van der Waals surface area contributed by atoms with Crippen LogP contribution in [0.3, 0.4) is 0 Å². The Labute approximate surface area is 119 Å². The van der Waals surface area contributed by atoms with Crippen LogP contribution in [0.2, 0.25) is 0 Å². The molecule has 1 aromatic heterocycles. The lowest BCUT2D eigenvalue weighted by molar-refractivity contribution is -0.137. The lowest BCUT2D eigenvalue weighted by Crippen LogP contribution is -2.33. The van der Waals surface area contributed by atoms with E-state index in [0.717, 1.165) is 11.3 Å². The summed E-state index contributed by atoms with van der Waals surface area (Å²) in [7, 11) is 0. The van der Waals surface area contributed by atoms with Gasteiger partial charge in [-0.15, -0.1) is 0 Å². The fraction of sp³-hybridized carbons (Fsp3) is 0.312. The zero-order valence-corrected chi connectivity index (χ0v) is 11.6. The monoisotopic (exact) mass is 273 g/mol. The van der Waals surface area contributed by atoms with Gasteiger partial charge in [-0.1, -0.05) is 30.3 Å². The minimum absolute atomic E-state index is 0.0351. The number of benzene rings is 1. The molecule has 1 amide bonds. The Morgan fingerprint density at radius 1 is 1.15 bits per heavy atom. The van der Waals surface area contributed by atoms with Crippen LogP contribution >= 0.6 is 0 Å². The van der Waals surface area contributed by atoms with Gasteiger partial charge in [-0.2, -0.15) is 0 Å². The van der Waals surface area contributed by atoms with E-state index in [9.17, 15) is 4.79 Å². The molecule has 0 aliphatic carbocycles. The number of hydrogen-bond donors (Lipinski definition) is 0. The van der Waals surface area contributed by atoms with Gasteiger partial charge < -0.3 is 14.1 Å². The Bertz CT molecular complexity index is 508. The van der Waals surface area contributed by atoms with Crippen molar-refractivity contribution in [1.82, 2.24) is 4.90 Å². The first-order chi connectivity index (χ1) is 9.79. The van der Waals surface area contributed by atoms with E-state index in [2.05, 4.69) is 0 Å². The van der Waals surface area contributed by atoms with Crippen LogP contribution in [-0.4, -0.2) is 24.0 Å². The summed E-state index contributed by atoms with van der Waals surface area (Å²) in [6, 6.07) is 13.6. The van der Waals surface area contributed by atoms with E-state index in [1.54, 1.807) is 11.2 Å². The first kappa shape index (κ1) is 14.3. The molecule has 0 aliphatic heterocycles. The second-order valence-corrected chi connectivity index (χ2v) is 4.45. The molecule has 0 spiro atoms. The standard InChI is InChI=1S/C16H19NO3/c1-2-19-13-16(18)17(12-15-9-6-10-20-15)11-14-7-4-3-5-8-14/h3-10H,2,11-13H2,1H3. The highest BCUT2D eigenvalue weighted by molar-refractivity contribution is 5.77. The van der Waals surface area contributed by atoms with Gasteiger partial charge in [0.1, 0.15) is 12.4 Å². The molecule has 0 atom stereocenters. The molecule has 4 nitrogen and oxygen atoms in total. The first-order valence-electron chi connectivity index (χ1n) is 6.71. The highest BCUT2D eigenvalue weighted by Gasteiger charge is 2.15. The van der Waals surface area contributed by atoms with Gasteiger partial charge in [-0.3, -0.25) is 4.79 Å². The van der Waals surface area contributed by atoms with E-state index in [4.69, 9.17) is 9.15 Å². The van der Waals surface area contributed by atoms with Crippen LogP contribution in [0, 0.1) is 0 Å². The van der Waals surface area contributed by atoms with E-state index >= 15 is 0 Å². The highest BCUT2D eigenvalue weighted by Crippen LogP contribution is 2.11. The van der Waals surface area contributed by atoms with Crippen molar-refractivity contribution in [3.05, 3.63) is 60.1 Å². The fourth-order valence-electron chi connectivity index (χ4n) is 1.91. The number of nitrogens with zero attached hydrogens (tertiary/aromatic N) is 1. The predicted molar refractivity (Wildman–Crippen MR) is 75.9 cm³/mol. The van der Waals surface area contributed by atoms with Crippen LogP contribution in [0.1, 0.15) is 18.2 Å². The summed E-state index contributed by atoms with van der Waals surface area (Å²) in [6.07, 6.45) is 1.61. The van der Waals surface area contributed by atoms with Gasteiger partial charge >= 0.3 is 0 Å². The molecule has 0 saturated heterocycles. The first-order valence-corrected chi connectivity index (χ1v) is 6.71. The Balaban J connectivity index is 2.05. The molecule has 0 unspecified atom stereocenters. The molecule has 2 rings (SSSR count). The van der Waals surface area contributed by atoms with Crippen molar-refractivity contribution in [2.24, 2.45) is 0 Å². The van der Waals surface area contributed by atoms with E-state index in [0.29, 0.717) is 19.7 Å². The zero-order valence-electron chi connectivity index (χ0n) is 11.6. The summed E-state index contributed by atoms with van der Waals surface area (Å²) >= 11 is 0. The van der Waals surface area contributed by atoms with Crippen LogP contribution in [-0.2, 0) is 22.6 Å². The third kappa shape index (κ3) is 4.24. The maximum Gasteiger partial charge on any atom is 0.249 e. The minimum atomic E-state index is -0.0351. The molecule has 0 fully saturated rings. The molecule has 1 heterocycles. The number of rotatable bonds is 7. The Morgan fingerprint density at radius 2 is 1.95 bits per heavy atom. The highest BCUT2D eigenvalue weighted by atomic mass is 16.5. The molecule has 1 aromatic carbocycles. The summed E-state index contributed by atoms with van der Waals surface area (Å²) in [4.78, 5) is 13.9. The lowest BCUT2D eigenvalue weighted by Gasteiger charge is -2.21. The average molecular weight is 273 g/mol. The zero-order chi connectivity index (χ0) is 14.2. The van der Waals surface area contributed by atoms with Gasteiger partial charge in [0.25, 0.3) is 0 Å². The predicted octanol–water partition coefficient (Wildman–Crippen LogP) is 2.84. The van der Waals surface area contributed by atoms with Crippen molar-refractivity contribution in [3.8, 4) is 0 Å². The molecule has 2 aromatic rings. The van der Waals surface area contributed by atoms with Crippen molar-refractivity contribution in [3.63, 3.8) is 0 Å². The molecule has 0 saturated carbocycles. The topological polar surface area (TPSA) is 42.7 Å². The number of carbonyl (C=O) groups is 1. The van der Waals surface area contributed by atoms with Crippen molar-refractivity contribution in [2.75, 3.05) is 13.2 Å². The van der Waals surface area contributed by atoms with E-state index in [1.165, 1.54) is 0 Å². The quantitative estimate of drug-likeness (QED) is 0.779. The van der Waals surface area contributed by atoms with Gasteiger partial charge in [-0.25, -0.2) is 0 Å². The Morgan fingerprint density at radius 3 is 2.60 bits per heavy atom. The lowest BCUT2D eigenvalue weighted by atomic mass is 10.2. The summed E-state index contributed by atoms with van der Waals surface area (Å²) in [5.74, 6) is 0.734. The summed E-state index contributed by atoms with van der Waals surface area (Å²) < 4.78 is 10.5. The maximum atomic E-state index is 12.2. The van der Waals surface area contributed by atoms with Crippen molar-refractivity contribution in [2.45, 2.75) is 20.0 Å². The number of hydrogen-bond acceptors (Lipinski definition) is 3. The summed E-state index contributed by atoms with van der Waals surface area (Å²) in [6.45, 7) is 3.51. The molecule has 20 heavy (non-hydrogen) atoms. The number of furan rings is 1. The molecule has 4 heteroatoms. The van der Waals surface area contributed by atoms with Gasteiger partial charge in [0, 0.05) is 13.2 Å². The van der Waals surface area contributed by atoms with E-state index in [-0.39, 0.29) is 12.5 Å². The van der Waals surface area contributed by atoms with Crippen LogP contribution in [0.5, 0.6) is 0 Å². The Hall–Kier alpha value is -2.07. The molecule has 0 N–H and O–H groups in total. The van der Waals surface area contributed by atoms with Crippen molar-refractivity contribution >= 4 is 5.91 Å². The van der Waals surface area contributed by atoms with Crippen LogP contribution < -0.4 is 0 Å². The fourth-order valence-corrected chi connectivity index (χ4v) is 1.91.